The summed E-state index contributed by atoms with van der Waals surface area (Å²) in [6.45, 7) is 1.07. The number of nitrogens with one attached hydrogen (secondary N) is 3. The summed E-state index contributed by atoms with van der Waals surface area (Å²) in [6.07, 6.45) is 4.41. The van der Waals surface area contributed by atoms with Crippen LogP contribution in [0.4, 0.5) is 17.3 Å². The van der Waals surface area contributed by atoms with Crippen LogP contribution < -0.4 is 21.9 Å². The number of hydrogen-bond donors (Lipinski definition) is 4. The number of ether oxygens (including phenoxy) is 1. The molecule has 22 heavy (non-hydrogen) atoms. The summed E-state index contributed by atoms with van der Waals surface area (Å²) in [5, 5.41) is 3.01. The Morgan fingerprint density at radius 2 is 2.00 bits per heavy atom. The van der Waals surface area contributed by atoms with Crippen molar-refractivity contribution in [3.63, 3.8) is 0 Å². The van der Waals surface area contributed by atoms with Crippen LogP contribution in [0.25, 0.3) is 0 Å². The number of amides is 1. The lowest BCUT2D eigenvalue weighted by atomic mass is 10.3. The van der Waals surface area contributed by atoms with Crippen LogP contribution in [0.2, 0.25) is 0 Å². The highest BCUT2D eigenvalue weighted by molar-refractivity contribution is 5.95. The molecule has 0 fully saturated rings. The van der Waals surface area contributed by atoms with Gasteiger partial charge in [-0.3, -0.25) is 20.6 Å². The normalized spacial score (nSPS) is 10.0. The van der Waals surface area contributed by atoms with Crippen LogP contribution in [0.15, 0.2) is 30.9 Å². The lowest BCUT2D eigenvalue weighted by molar-refractivity contribution is 0.0962. The van der Waals surface area contributed by atoms with Crippen molar-refractivity contribution >= 4 is 23.2 Å². The summed E-state index contributed by atoms with van der Waals surface area (Å²) in [5.74, 6) is 0.444. The second kappa shape index (κ2) is 7.74. The number of aromatic nitrogens is 3. The fraction of sp³-hybridized carbons (Fsp3) is 0.231. The number of rotatable bonds is 7. The van der Waals surface area contributed by atoms with Crippen molar-refractivity contribution in [2.24, 2.45) is 0 Å². The molecule has 2 heterocycles. The van der Waals surface area contributed by atoms with Gasteiger partial charge < -0.3 is 15.8 Å². The highest BCUT2D eigenvalue weighted by Gasteiger charge is 2.09. The molecule has 2 aromatic heterocycles. The minimum Gasteiger partial charge on any atom is -0.393 e. The molecule has 0 aromatic carbocycles. The third-order valence-electron chi connectivity index (χ3n) is 2.72. The van der Waals surface area contributed by atoms with Crippen LogP contribution in [0, 0.1) is 0 Å². The number of methoxy groups -OCH3 is 1. The van der Waals surface area contributed by atoms with Crippen molar-refractivity contribution < 1.29 is 9.53 Å². The van der Waals surface area contributed by atoms with E-state index in [2.05, 4.69) is 31.1 Å². The zero-order valence-corrected chi connectivity index (χ0v) is 12.0. The molecule has 0 bridgehead atoms. The van der Waals surface area contributed by atoms with Gasteiger partial charge in [-0.15, -0.1) is 0 Å². The maximum absolute atomic E-state index is 11.9. The number of nitrogens with two attached hydrogens (primary N) is 1. The van der Waals surface area contributed by atoms with Crippen molar-refractivity contribution in [3.05, 3.63) is 36.4 Å². The van der Waals surface area contributed by atoms with Gasteiger partial charge in [0.05, 0.1) is 6.61 Å². The highest BCUT2D eigenvalue weighted by atomic mass is 16.5. The molecule has 5 N–H and O–H groups in total. The van der Waals surface area contributed by atoms with Crippen LogP contribution in [-0.4, -0.2) is 41.1 Å². The highest BCUT2D eigenvalue weighted by Crippen LogP contribution is 2.21. The predicted octanol–water partition coefficient (Wildman–Crippen LogP) is 0.269. The Morgan fingerprint density at radius 1 is 1.27 bits per heavy atom. The molecule has 0 radical (unpaired) electrons. The average molecular weight is 303 g/mol. The fourth-order valence-corrected chi connectivity index (χ4v) is 1.60. The number of nitrogen functional groups attached to an aromatic ring is 1. The first kappa shape index (κ1) is 15.4. The van der Waals surface area contributed by atoms with E-state index >= 15 is 0 Å². The maximum atomic E-state index is 11.9. The summed E-state index contributed by atoms with van der Waals surface area (Å²) < 4.78 is 4.94. The van der Waals surface area contributed by atoms with E-state index in [4.69, 9.17) is 10.5 Å². The Balaban J connectivity index is 1.98. The Morgan fingerprint density at radius 3 is 2.73 bits per heavy atom. The van der Waals surface area contributed by atoms with Gasteiger partial charge in [-0.2, -0.15) is 0 Å². The predicted molar refractivity (Wildman–Crippen MR) is 82.1 cm³/mol. The number of carbonyl (C=O) groups excluding carboxylic acids is 1. The van der Waals surface area contributed by atoms with Crippen molar-refractivity contribution in [3.8, 4) is 0 Å². The number of hydrazine groups is 1. The first-order chi connectivity index (χ1) is 10.7. The quantitative estimate of drug-likeness (QED) is 0.424. The van der Waals surface area contributed by atoms with E-state index in [0.29, 0.717) is 36.0 Å². The monoisotopic (exact) mass is 303 g/mol. The van der Waals surface area contributed by atoms with Gasteiger partial charge in [0.25, 0.3) is 5.91 Å². The molecule has 0 saturated heterocycles. The summed E-state index contributed by atoms with van der Waals surface area (Å²) in [5.41, 5.74) is 11.9. The molecular formula is C13H17N7O2. The molecule has 0 unspecified atom stereocenters. The molecule has 0 spiro atoms. The van der Waals surface area contributed by atoms with Crippen LogP contribution >= 0.6 is 0 Å². The topological polar surface area (TPSA) is 127 Å². The molecule has 0 aliphatic carbocycles. The molecule has 0 atom stereocenters. The van der Waals surface area contributed by atoms with Gasteiger partial charge in [0.15, 0.2) is 11.6 Å². The zero-order valence-electron chi connectivity index (χ0n) is 12.0. The van der Waals surface area contributed by atoms with Crippen molar-refractivity contribution in [2.45, 2.75) is 0 Å². The average Bonchev–Trinajstić information content (AvgIpc) is 2.56. The zero-order chi connectivity index (χ0) is 15.8. The SMILES string of the molecule is COCCNc1ncnc(NNC(=O)c2ccncc2)c1N. The number of anilines is 3. The van der Waals surface area contributed by atoms with Crippen molar-refractivity contribution in [1.29, 1.82) is 0 Å². The summed E-state index contributed by atoms with van der Waals surface area (Å²) >= 11 is 0. The molecule has 0 saturated carbocycles. The van der Waals surface area contributed by atoms with E-state index in [1.165, 1.54) is 18.7 Å². The van der Waals surface area contributed by atoms with Gasteiger partial charge in [-0.1, -0.05) is 0 Å². The van der Waals surface area contributed by atoms with E-state index < -0.39 is 0 Å². The molecule has 2 aromatic rings. The maximum Gasteiger partial charge on any atom is 0.269 e. The Labute approximate surface area is 127 Å². The van der Waals surface area contributed by atoms with Gasteiger partial charge in [0.1, 0.15) is 12.0 Å². The summed E-state index contributed by atoms with van der Waals surface area (Å²) in [4.78, 5) is 23.8. The summed E-state index contributed by atoms with van der Waals surface area (Å²) in [6, 6.07) is 3.19. The van der Waals surface area contributed by atoms with Crippen LogP contribution in [0.5, 0.6) is 0 Å². The number of carbonyl (C=O) groups is 1. The molecule has 0 aliphatic rings. The van der Waals surface area contributed by atoms with Gasteiger partial charge in [-0.25, -0.2) is 9.97 Å². The second-order valence-corrected chi connectivity index (χ2v) is 4.22. The third kappa shape index (κ3) is 4.03. The van der Waals surface area contributed by atoms with Crippen molar-refractivity contribution in [1.82, 2.24) is 20.4 Å². The van der Waals surface area contributed by atoms with E-state index in [9.17, 15) is 4.79 Å². The standard InChI is InChI=1S/C13H17N7O2/c1-22-7-6-16-11-10(14)12(18-8-17-11)19-20-13(21)9-2-4-15-5-3-9/h2-5,8H,6-7,14H2,1H3,(H,20,21)(H2,16,17,18,19). The smallest absolute Gasteiger partial charge is 0.269 e. The number of pyridine rings is 1. The van der Waals surface area contributed by atoms with Gasteiger partial charge in [0.2, 0.25) is 0 Å². The Hall–Kier alpha value is -2.94. The van der Waals surface area contributed by atoms with Crippen LogP contribution in [0.1, 0.15) is 10.4 Å². The fourth-order valence-electron chi connectivity index (χ4n) is 1.60. The third-order valence-corrected chi connectivity index (χ3v) is 2.72. The molecular weight excluding hydrogens is 286 g/mol. The van der Waals surface area contributed by atoms with Gasteiger partial charge in [0, 0.05) is 31.6 Å². The number of hydrogen-bond acceptors (Lipinski definition) is 8. The molecule has 9 nitrogen and oxygen atoms in total. The van der Waals surface area contributed by atoms with E-state index in [-0.39, 0.29) is 5.91 Å². The second-order valence-electron chi connectivity index (χ2n) is 4.22. The first-order valence-corrected chi connectivity index (χ1v) is 6.52. The van der Waals surface area contributed by atoms with Gasteiger partial charge >= 0.3 is 0 Å². The molecule has 116 valence electrons. The van der Waals surface area contributed by atoms with Crippen LogP contribution in [-0.2, 0) is 4.74 Å². The Bertz CT molecular complexity index is 621. The van der Waals surface area contributed by atoms with Gasteiger partial charge in [-0.05, 0) is 12.1 Å². The van der Waals surface area contributed by atoms with Crippen LogP contribution in [0.3, 0.4) is 0 Å². The molecule has 9 heteroatoms. The van der Waals surface area contributed by atoms with E-state index in [0.717, 1.165) is 0 Å². The first-order valence-electron chi connectivity index (χ1n) is 6.52. The van der Waals surface area contributed by atoms with E-state index in [1.54, 1.807) is 19.2 Å². The number of nitrogens with zero attached hydrogens (tertiary/aromatic N) is 3. The minimum absolute atomic E-state index is 0.300. The van der Waals surface area contributed by atoms with Crippen molar-refractivity contribution in [2.75, 3.05) is 36.7 Å². The lowest BCUT2D eigenvalue weighted by Crippen LogP contribution is -2.30. The van der Waals surface area contributed by atoms with E-state index in [1.807, 2.05) is 0 Å². The molecule has 1 amide bonds. The summed E-state index contributed by atoms with van der Waals surface area (Å²) in [7, 11) is 1.60. The molecule has 0 aliphatic heterocycles. The lowest BCUT2D eigenvalue weighted by Gasteiger charge is -2.12. The Kier molecular flexibility index (Phi) is 5.44. The minimum atomic E-state index is -0.325. The largest absolute Gasteiger partial charge is 0.393 e. The molecule has 2 rings (SSSR count).